The molecule has 0 fully saturated rings. The van der Waals surface area contributed by atoms with E-state index in [1.807, 2.05) is 0 Å². The van der Waals surface area contributed by atoms with Crippen molar-refractivity contribution in [1.29, 1.82) is 0 Å². The molecule has 0 saturated carbocycles. The van der Waals surface area contributed by atoms with Crippen LogP contribution in [0.1, 0.15) is 5.56 Å². The van der Waals surface area contributed by atoms with Crippen molar-refractivity contribution >= 4 is 6.98 Å². The van der Waals surface area contributed by atoms with Crippen LogP contribution in [0.3, 0.4) is 0 Å². The second kappa shape index (κ2) is 3.90. The van der Waals surface area contributed by atoms with Gasteiger partial charge in [-0.05, 0) is 18.6 Å². The van der Waals surface area contributed by atoms with Crippen molar-refractivity contribution in [3.05, 3.63) is 29.6 Å². The van der Waals surface area contributed by atoms with Crippen molar-refractivity contribution in [2.24, 2.45) is 0 Å². The highest BCUT2D eigenvalue weighted by molar-refractivity contribution is 6.58. The van der Waals surface area contributed by atoms with Crippen LogP contribution < -0.4 is 4.74 Å². The number of rotatable bonds is 3. The number of ether oxygens (including phenoxy) is 1. The molecule has 1 aromatic carbocycles. The van der Waals surface area contributed by atoms with E-state index in [0.717, 1.165) is 6.07 Å². The van der Waals surface area contributed by atoms with Crippen molar-refractivity contribution in [3.63, 3.8) is 0 Å². The van der Waals surface area contributed by atoms with Gasteiger partial charge in [0.15, 0.2) is 0 Å². The lowest BCUT2D eigenvalue weighted by molar-refractivity contribution is 0.310. The maximum atomic E-state index is 12.6. The largest absolute Gasteiger partial charge is 0.521 e. The lowest BCUT2D eigenvalue weighted by Crippen LogP contribution is -2.26. The van der Waals surface area contributed by atoms with Gasteiger partial charge in [0.25, 0.3) is 0 Å². The molecule has 0 spiro atoms. The van der Waals surface area contributed by atoms with Crippen LogP contribution in [0.2, 0.25) is 0 Å². The first-order valence-electron chi connectivity index (χ1n) is 3.98. The van der Waals surface area contributed by atoms with Crippen LogP contribution in [0.15, 0.2) is 18.2 Å². The van der Waals surface area contributed by atoms with Gasteiger partial charge in [-0.25, -0.2) is 4.39 Å². The maximum absolute atomic E-state index is 12.6. The molecule has 0 radical (unpaired) electrons. The summed E-state index contributed by atoms with van der Waals surface area (Å²) in [7, 11) is 0. The Bertz CT molecular complexity index is 324. The van der Waals surface area contributed by atoms with E-state index in [1.165, 1.54) is 12.1 Å². The molecule has 0 heterocycles. The number of benzene rings is 1. The van der Waals surface area contributed by atoms with E-state index < -0.39 is 19.3 Å². The van der Waals surface area contributed by atoms with Crippen LogP contribution in [0, 0.1) is 12.7 Å². The molecule has 1 rings (SSSR count). The first kappa shape index (κ1) is 10.9. The van der Waals surface area contributed by atoms with Crippen LogP contribution in [0.5, 0.6) is 5.75 Å². The summed E-state index contributed by atoms with van der Waals surface area (Å²) in [5.74, 6) is -0.676. The summed E-state index contributed by atoms with van der Waals surface area (Å²) in [5.41, 5.74) is 0.478. The van der Waals surface area contributed by atoms with E-state index in [-0.39, 0.29) is 5.75 Å². The number of halogens is 4. The third kappa shape index (κ3) is 3.28. The highest BCUT2D eigenvalue weighted by Gasteiger charge is 2.24. The second-order valence-corrected chi connectivity index (χ2v) is 2.93. The molecule has 0 bridgehead atoms. The van der Waals surface area contributed by atoms with Gasteiger partial charge in [-0.2, -0.15) is 0 Å². The highest BCUT2D eigenvalue weighted by Crippen LogP contribution is 2.20. The summed E-state index contributed by atoms with van der Waals surface area (Å²) in [6.07, 6.45) is 0. The topological polar surface area (TPSA) is 9.23 Å². The highest BCUT2D eigenvalue weighted by atomic mass is 19.4. The maximum Gasteiger partial charge on any atom is 0.515 e. The minimum atomic E-state index is -5.00. The molecule has 0 saturated heterocycles. The molecule has 1 nitrogen and oxygen atoms in total. The average Bonchev–Trinajstić information content (AvgIpc) is 2.05. The molecule has 1 aromatic rings. The Balaban J connectivity index is 2.72. The van der Waals surface area contributed by atoms with E-state index >= 15 is 0 Å². The molecule has 0 aliphatic heterocycles. The van der Waals surface area contributed by atoms with E-state index in [9.17, 15) is 17.3 Å². The van der Waals surface area contributed by atoms with Crippen LogP contribution in [-0.4, -0.2) is 13.5 Å². The van der Waals surface area contributed by atoms with Crippen molar-refractivity contribution in [1.82, 2.24) is 0 Å². The summed E-state index contributed by atoms with van der Waals surface area (Å²) in [4.78, 5) is 0. The third-order valence-electron chi connectivity index (χ3n) is 1.58. The summed E-state index contributed by atoms with van der Waals surface area (Å²) in [6.45, 7) is -4.79. The molecule has 14 heavy (non-hydrogen) atoms. The first-order chi connectivity index (χ1) is 6.38. The zero-order valence-corrected chi connectivity index (χ0v) is 7.44. The third-order valence-corrected chi connectivity index (χ3v) is 1.58. The molecule has 0 aliphatic rings. The fourth-order valence-corrected chi connectivity index (χ4v) is 0.914. The minimum absolute atomic E-state index is 0.0656. The summed E-state index contributed by atoms with van der Waals surface area (Å²) < 4.78 is 52.5. The van der Waals surface area contributed by atoms with Gasteiger partial charge in [-0.15, -0.1) is 0 Å². The molecule has 0 N–H and O–H groups in total. The van der Waals surface area contributed by atoms with Gasteiger partial charge in [0.2, 0.25) is 0 Å². The first-order valence-corrected chi connectivity index (χ1v) is 3.98. The van der Waals surface area contributed by atoms with E-state index in [0.29, 0.717) is 5.56 Å². The van der Waals surface area contributed by atoms with Gasteiger partial charge >= 0.3 is 6.98 Å². The number of aryl methyl sites for hydroxylation is 1. The Morgan fingerprint density at radius 3 is 2.50 bits per heavy atom. The quantitative estimate of drug-likeness (QED) is 0.546. The Morgan fingerprint density at radius 2 is 1.93 bits per heavy atom. The lowest BCUT2D eigenvalue weighted by atomic mass is 9.95. The van der Waals surface area contributed by atoms with Crippen molar-refractivity contribution in [3.8, 4) is 5.75 Å². The molecule has 0 aromatic heterocycles. The molecular weight excluding hydrogens is 199 g/mol. The Labute approximate surface area is 78.7 Å². The van der Waals surface area contributed by atoms with E-state index in [1.54, 1.807) is 6.92 Å². The zero-order valence-electron chi connectivity index (χ0n) is 7.44. The van der Waals surface area contributed by atoms with Crippen molar-refractivity contribution in [2.75, 3.05) is 6.51 Å². The summed E-state index contributed by atoms with van der Waals surface area (Å²) >= 11 is 0. The fraction of sp³-hybridized carbons (Fsp3) is 0.250. The Morgan fingerprint density at radius 1 is 1.29 bits per heavy atom. The predicted molar refractivity (Wildman–Crippen MR) is 45.7 cm³/mol. The smallest absolute Gasteiger partial charge is 0.515 e. The van der Waals surface area contributed by atoms with Crippen molar-refractivity contribution in [2.45, 2.75) is 6.92 Å². The standard InChI is InChI=1S/C8H8BF4O/c1-6-2-3-7(10)4-8(6)14-5-9(11,12)13/h2-4H,5H2,1H3/q-1. The van der Waals surface area contributed by atoms with Crippen LogP contribution in [0.4, 0.5) is 17.3 Å². The molecule has 0 aliphatic carbocycles. The van der Waals surface area contributed by atoms with Gasteiger partial charge in [-0.1, -0.05) is 6.07 Å². The fourth-order valence-electron chi connectivity index (χ4n) is 0.914. The molecule has 0 amide bonds. The van der Waals surface area contributed by atoms with Gasteiger partial charge in [0.1, 0.15) is 11.6 Å². The molecule has 0 atom stereocenters. The van der Waals surface area contributed by atoms with Crippen LogP contribution in [0.25, 0.3) is 0 Å². The van der Waals surface area contributed by atoms with Gasteiger partial charge in [0.05, 0.1) is 6.51 Å². The van der Waals surface area contributed by atoms with Gasteiger partial charge < -0.3 is 17.7 Å². The average molecular weight is 207 g/mol. The number of hydrogen-bond donors (Lipinski definition) is 0. The van der Waals surface area contributed by atoms with E-state index in [4.69, 9.17) is 0 Å². The normalized spacial score (nSPS) is 11.5. The molecular formula is C8H8BF4O-. The summed E-state index contributed by atoms with van der Waals surface area (Å²) in [5, 5.41) is 0. The minimum Gasteiger partial charge on any atom is -0.521 e. The molecule has 0 unspecified atom stereocenters. The monoisotopic (exact) mass is 207 g/mol. The molecule has 78 valence electrons. The van der Waals surface area contributed by atoms with Crippen LogP contribution >= 0.6 is 0 Å². The summed E-state index contributed by atoms with van der Waals surface area (Å²) in [6, 6.07) is 3.48. The van der Waals surface area contributed by atoms with E-state index in [2.05, 4.69) is 4.74 Å². The second-order valence-electron chi connectivity index (χ2n) is 2.93. The SMILES string of the molecule is Cc1ccc(F)cc1OC[B-](F)(F)F. The zero-order chi connectivity index (χ0) is 10.8. The van der Waals surface area contributed by atoms with Gasteiger partial charge in [0, 0.05) is 6.07 Å². The van der Waals surface area contributed by atoms with Gasteiger partial charge in [-0.3, -0.25) is 0 Å². The van der Waals surface area contributed by atoms with Crippen LogP contribution in [-0.2, 0) is 0 Å². The Kier molecular flexibility index (Phi) is 3.03. The molecule has 6 heteroatoms. The Hall–Kier alpha value is -1.20. The lowest BCUT2D eigenvalue weighted by Gasteiger charge is -2.16. The van der Waals surface area contributed by atoms with Crippen molar-refractivity contribution < 1.29 is 22.1 Å². The number of hydrogen-bond acceptors (Lipinski definition) is 1. The predicted octanol–water partition coefficient (Wildman–Crippen LogP) is 2.90.